The zero-order valence-corrected chi connectivity index (χ0v) is 12.4. The van der Waals surface area contributed by atoms with E-state index < -0.39 is 6.09 Å². The third-order valence-corrected chi connectivity index (χ3v) is 3.07. The lowest BCUT2D eigenvalue weighted by Crippen LogP contribution is -2.24. The summed E-state index contributed by atoms with van der Waals surface area (Å²) in [5, 5.41) is 12.0. The summed E-state index contributed by atoms with van der Waals surface area (Å²) in [6, 6.07) is 14.1. The molecular formula is C18H17NO4. The Morgan fingerprint density at radius 3 is 2.70 bits per heavy atom. The largest absolute Gasteiger partial charge is 0.507 e. The van der Waals surface area contributed by atoms with E-state index in [0.717, 1.165) is 11.1 Å². The summed E-state index contributed by atoms with van der Waals surface area (Å²) in [7, 11) is 0. The summed E-state index contributed by atoms with van der Waals surface area (Å²) in [4.78, 5) is 22.3. The highest BCUT2D eigenvalue weighted by molar-refractivity contribution is 5.80. The number of phenolic OH excluding ortho intramolecular Hbond substituents is 1. The zero-order valence-electron chi connectivity index (χ0n) is 12.4. The van der Waals surface area contributed by atoms with Gasteiger partial charge in [0.2, 0.25) is 0 Å². The molecule has 23 heavy (non-hydrogen) atoms. The lowest BCUT2D eigenvalue weighted by Gasteiger charge is -2.05. The molecule has 0 aliphatic heterocycles. The molecule has 0 aliphatic carbocycles. The molecule has 0 saturated carbocycles. The van der Waals surface area contributed by atoms with Crippen LogP contribution < -0.4 is 5.32 Å². The van der Waals surface area contributed by atoms with Gasteiger partial charge in [-0.15, -0.1) is 0 Å². The smallest absolute Gasteiger partial charge is 0.407 e. The second-order valence-electron chi connectivity index (χ2n) is 4.78. The molecule has 0 saturated heterocycles. The predicted molar refractivity (Wildman–Crippen MR) is 87.2 cm³/mol. The molecule has 118 valence electrons. The first kappa shape index (κ1) is 16.3. The molecule has 2 N–H and O–H groups in total. The van der Waals surface area contributed by atoms with Crippen molar-refractivity contribution < 1.29 is 19.4 Å². The molecule has 0 spiro atoms. The number of benzene rings is 2. The van der Waals surface area contributed by atoms with Crippen LogP contribution in [-0.4, -0.2) is 24.0 Å². The topological polar surface area (TPSA) is 75.6 Å². The molecule has 0 aromatic heterocycles. The van der Waals surface area contributed by atoms with E-state index in [2.05, 4.69) is 5.32 Å². The van der Waals surface area contributed by atoms with Crippen molar-refractivity contribution in [1.82, 2.24) is 5.32 Å². The van der Waals surface area contributed by atoms with E-state index in [-0.39, 0.29) is 17.9 Å². The average molecular weight is 311 g/mol. The number of hydrogen-bond donors (Lipinski definition) is 2. The maximum atomic E-state index is 11.5. The molecule has 1 amide bonds. The van der Waals surface area contributed by atoms with Gasteiger partial charge in [-0.2, -0.15) is 0 Å². The van der Waals surface area contributed by atoms with Gasteiger partial charge < -0.3 is 15.2 Å². The number of aldehydes is 1. The summed E-state index contributed by atoms with van der Waals surface area (Å²) in [5.74, 6) is -0.0558. The summed E-state index contributed by atoms with van der Waals surface area (Å²) < 4.78 is 5.07. The molecule has 2 aromatic rings. The number of amides is 1. The molecule has 0 aliphatic rings. The van der Waals surface area contributed by atoms with Crippen LogP contribution in [0.4, 0.5) is 4.79 Å². The monoisotopic (exact) mass is 311 g/mol. The van der Waals surface area contributed by atoms with Crippen LogP contribution in [0.15, 0.2) is 54.6 Å². The van der Waals surface area contributed by atoms with Crippen molar-refractivity contribution in [2.24, 2.45) is 0 Å². The zero-order chi connectivity index (χ0) is 16.5. The van der Waals surface area contributed by atoms with Crippen molar-refractivity contribution in [3.05, 3.63) is 71.3 Å². The third kappa shape index (κ3) is 5.32. The maximum absolute atomic E-state index is 11.5. The van der Waals surface area contributed by atoms with Gasteiger partial charge >= 0.3 is 6.09 Å². The van der Waals surface area contributed by atoms with Gasteiger partial charge in [0.25, 0.3) is 0 Å². The van der Waals surface area contributed by atoms with Crippen molar-refractivity contribution in [2.75, 3.05) is 6.54 Å². The Kier molecular flexibility index (Phi) is 5.94. The maximum Gasteiger partial charge on any atom is 0.407 e. The number of alkyl carbamates (subject to hydrolysis) is 1. The molecule has 0 radical (unpaired) electrons. The molecule has 5 nitrogen and oxygen atoms in total. The fourth-order valence-electron chi connectivity index (χ4n) is 1.88. The van der Waals surface area contributed by atoms with Crippen LogP contribution in [0.5, 0.6) is 5.75 Å². The lowest BCUT2D eigenvalue weighted by molar-refractivity contribution is 0.112. The fraction of sp³-hybridized carbons (Fsp3) is 0.111. The van der Waals surface area contributed by atoms with Crippen LogP contribution in [-0.2, 0) is 11.3 Å². The molecule has 0 unspecified atom stereocenters. The first-order chi connectivity index (χ1) is 11.2. The highest BCUT2D eigenvalue weighted by Crippen LogP contribution is 2.17. The van der Waals surface area contributed by atoms with Crippen molar-refractivity contribution in [3.63, 3.8) is 0 Å². The molecular weight excluding hydrogens is 294 g/mol. The van der Waals surface area contributed by atoms with Gasteiger partial charge in [0.05, 0.1) is 5.56 Å². The molecule has 0 atom stereocenters. The molecule has 0 bridgehead atoms. The molecule has 5 heteroatoms. The van der Waals surface area contributed by atoms with Gasteiger partial charge in [-0.25, -0.2) is 4.79 Å². The number of aromatic hydroxyl groups is 1. The van der Waals surface area contributed by atoms with Crippen molar-refractivity contribution in [3.8, 4) is 5.75 Å². The van der Waals surface area contributed by atoms with Crippen LogP contribution in [0.1, 0.15) is 21.5 Å². The Bertz CT molecular complexity index is 695. The van der Waals surface area contributed by atoms with Crippen LogP contribution in [0.3, 0.4) is 0 Å². The Hall–Kier alpha value is -3.08. The highest BCUT2D eigenvalue weighted by atomic mass is 16.5. The van der Waals surface area contributed by atoms with Crippen molar-refractivity contribution >= 4 is 18.5 Å². The molecule has 2 aromatic carbocycles. The van der Waals surface area contributed by atoms with Gasteiger partial charge in [-0.3, -0.25) is 4.79 Å². The Balaban J connectivity index is 1.75. The van der Waals surface area contributed by atoms with Crippen molar-refractivity contribution in [2.45, 2.75) is 6.61 Å². The van der Waals surface area contributed by atoms with Crippen LogP contribution in [0, 0.1) is 0 Å². The second-order valence-corrected chi connectivity index (χ2v) is 4.78. The van der Waals surface area contributed by atoms with Gasteiger partial charge in [0.15, 0.2) is 6.29 Å². The standard InChI is InChI=1S/C18H17NO4/c20-12-16-11-14(8-9-17(16)21)7-4-10-19-18(22)23-13-15-5-2-1-3-6-15/h1-9,11-12,21H,10,13H2,(H,19,22). The number of phenols is 1. The Labute approximate surface area is 134 Å². The summed E-state index contributed by atoms with van der Waals surface area (Å²) in [6.07, 6.45) is 3.55. The van der Waals surface area contributed by atoms with Gasteiger partial charge in [-0.1, -0.05) is 48.6 Å². The van der Waals surface area contributed by atoms with Crippen LogP contribution >= 0.6 is 0 Å². The number of carbonyl (C=O) groups excluding carboxylic acids is 2. The molecule has 0 fully saturated rings. The fourth-order valence-corrected chi connectivity index (χ4v) is 1.88. The first-order valence-electron chi connectivity index (χ1n) is 7.08. The Morgan fingerprint density at radius 1 is 1.17 bits per heavy atom. The number of ether oxygens (including phenoxy) is 1. The van der Waals surface area contributed by atoms with E-state index in [1.807, 2.05) is 30.3 Å². The second kappa shape index (κ2) is 8.38. The summed E-state index contributed by atoms with van der Waals surface area (Å²) >= 11 is 0. The van der Waals surface area contributed by atoms with E-state index in [4.69, 9.17) is 4.74 Å². The van der Waals surface area contributed by atoms with E-state index in [0.29, 0.717) is 12.8 Å². The van der Waals surface area contributed by atoms with Crippen LogP contribution in [0.2, 0.25) is 0 Å². The van der Waals surface area contributed by atoms with E-state index in [1.165, 1.54) is 6.07 Å². The lowest BCUT2D eigenvalue weighted by atomic mass is 10.1. The SMILES string of the molecule is O=Cc1cc(C=CCNC(=O)OCc2ccccc2)ccc1O. The average Bonchev–Trinajstić information content (AvgIpc) is 2.59. The van der Waals surface area contributed by atoms with E-state index in [9.17, 15) is 14.7 Å². The Morgan fingerprint density at radius 2 is 1.96 bits per heavy atom. The van der Waals surface area contributed by atoms with Crippen molar-refractivity contribution in [1.29, 1.82) is 0 Å². The minimum atomic E-state index is -0.502. The highest BCUT2D eigenvalue weighted by Gasteiger charge is 2.01. The number of nitrogens with one attached hydrogen (secondary N) is 1. The van der Waals surface area contributed by atoms with Gasteiger partial charge in [-0.05, 0) is 23.3 Å². The molecule has 0 heterocycles. The van der Waals surface area contributed by atoms with Crippen LogP contribution in [0.25, 0.3) is 6.08 Å². The van der Waals surface area contributed by atoms with E-state index in [1.54, 1.807) is 24.3 Å². The predicted octanol–water partition coefficient (Wildman–Crippen LogP) is 3.14. The number of hydrogen-bond acceptors (Lipinski definition) is 4. The number of rotatable bonds is 6. The minimum Gasteiger partial charge on any atom is -0.507 e. The quantitative estimate of drug-likeness (QED) is 0.804. The van der Waals surface area contributed by atoms with E-state index >= 15 is 0 Å². The van der Waals surface area contributed by atoms with Gasteiger partial charge in [0, 0.05) is 6.54 Å². The van der Waals surface area contributed by atoms with Gasteiger partial charge in [0.1, 0.15) is 12.4 Å². The number of carbonyl (C=O) groups is 2. The summed E-state index contributed by atoms with van der Waals surface area (Å²) in [6.45, 7) is 0.516. The summed E-state index contributed by atoms with van der Waals surface area (Å²) in [5.41, 5.74) is 1.90. The normalized spacial score (nSPS) is 10.4. The molecule has 2 rings (SSSR count). The minimum absolute atomic E-state index is 0.0558. The first-order valence-corrected chi connectivity index (χ1v) is 7.08. The third-order valence-electron chi connectivity index (χ3n) is 3.07.